The summed E-state index contributed by atoms with van der Waals surface area (Å²) in [5.41, 5.74) is 6.29. The van der Waals surface area contributed by atoms with Gasteiger partial charge in [-0.15, -0.1) is 0 Å². The van der Waals surface area contributed by atoms with Crippen molar-refractivity contribution in [1.29, 1.82) is 0 Å². The molecule has 34 heavy (non-hydrogen) atoms. The molecule has 1 heterocycles. The molecule has 10 nitrogen and oxygen atoms in total. The third-order valence-corrected chi connectivity index (χ3v) is 8.23. The van der Waals surface area contributed by atoms with Crippen molar-refractivity contribution in [3.05, 3.63) is 54.1 Å². The van der Waals surface area contributed by atoms with Gasteiger partial charge in [-0.25, -0.2) is 8.42 Å². The van der Waals surface area contributed by atoms with E-state index in [1.54, 1.807) is 24.3 Å². The molecule has 0 saturated carbocycles. The zero-order valence-electron chi connectivity index (χ0n) is 18.7. The molecule has 0 aromatic heterocycles. The van der Waals surface area contributed by atoms with E-state index in [-0.39, 0.29) is 55.7 Å². The Morgan fingerprint density at radius 3 is 2.21 bits per heavy atom. The maximum atomic E-state index is 13.2. The van der Waals surface area contributed by atoms with Crippen LogP contribution in [0.25, 0.3) is 0 Å². The lowest BCUT2D eigenvalue weighted by atomic mass is 9.98. The molecule has 2 aromatic carbocycles. The number of ether oxygens (including phenoxy) is 2. The fraction of sp³-hybridized carbons (Fsp3) is 0.348. The molecule has 3 amide bonds. The van der Waals surface area contributed by atoms with Gasteiger partial charge in [0.05, 0.1) is 12.0 Å². The van der Waals surface area contributed by atoms with Gasteiger partial charge in [-0.05, 0) is 61.4 Å². The van der Waals surface area contributed by atoms with E-state index in [2.05, 4.69) is 10.6 Å². The second kappa shape index (κ2) is 10.7. The number of methoxy groups -OCH3 is 1. The minimum Gasteiger partial charge on any atom is -0.497 e. The molecule has 1 fully saturated rings. The van der Waals surface area contributed by atoms with Gasteiger partial charge >= 0.3 is 0 Å². The molecule has 3 rings (SSSR count). The monoisotopic (exact) mass is 489 g/mol. The third-order valence-electron chi connectivity index (χ3n) is 5.70. The lowest BCUT2D eigenvalue weighted by Gasteiger charge is -2.33. The first-order chi connectivity index (χ1) is 16.2. The van der Waals surface area contributed by atoms with E-state index in [0.29, 0.717) is 17.0 Å². The summed E-state index contributed by atoms with van der Waals surface area (Å²) in [4.78, 5) is 36.4. The summed E-state index contributed by atoms with van der Waals surface area (Å²) in [5, 5.41) is 5.31. The van der Waals surface area contributed by atoms with Gasteiger partial charge in [-0.2, -0.15) is 0 Å². The van der Waals surface area contributed by atoms with Gasteiger partial charge < -0.3 is 25.8 Å². The van der Waals surface area contributed by atoms with Crippen molar-refractivity contribution < 1.29 is 32.3 Å². The number of carbonyl (C=O) groups is 3. The average Bonchev–Trinajstić information content (AvgIpc) is 2.84. The molecule has 11 heteroatoms. The van der Waals surface area contributed by atoms with Crippen molar-refractivity contribution in [3.63, 3.8) is 0 Å². The second-order valence-corrected chi connectivity index (χ2v) is 10.0. The number of hydrogen-bond donors (Lipinski definition) is 3. The summed E-state index contributed by atoms with van der Waals surface area (Å²) in [5.74, 6) is -0.942. The first kappa shape index (κ1) is 25.2. The number of sulfone groups is 1. The SMILES string of the molecule is COc1ccc(C(=O)NCCC(=O)Nc2ccc(S(=O)(=O)C3(C(N)=O)CCOCC3)cc2)cc1. The highest BCUT2D eigenvalue weighted by atomic mass is 32.2. The number of anilines is 1. The smallest absolute Gasteiger partial charge is 0.251 e. The highest BCUT2D eigenvalue weighted by Crippen LogP contribution is 2.35. The first-order valence-corrected chi connectivity index (χ1v) is 12.1. The Labute approximate surface area is 197 Å². The van der Waals surface area contributed by atoms with Gasteiger partial charge in [-0.1, -0.05) is 0 Å². The van der Waals surface area contributed by atoms with E-state index >= 15 is 0 Å². The average molecular weight is 490 g/mol. The fourth-order valence-corrected chi connectivity index (χ4v) is 5.56. The van der Waals surface area contributed by atoms with Gasteiger partial charge in [0.1, 0.15) is 5.75 Å². The molecule has 182 valence electrons. The number of nitrogens with two attached hydrogens (primary N) is 1. The number of amides is 3. The molecular weight excluding hydrogens is 462 g/mol. The van der Waals surface area contributed by atoms with Crippen LogP contribution < -0.4 is 21.1 Å². The van der Waals surface area contributed by atoms with Crippen LogP contribution in [0.5, 0.6) is 5.75 Å². The third kappa shape index (κ3) is 5.37. The molecule has 2 aromatic rings. The van der Waals surface area contributed by atoms with Crippen LogP contribution in [0.4, 0.5) is 5.69 Å². The Kier molecular flexibility index (Phi) is 7.90. The number of nitrogens with one attached hydrogen (secondary N) is 2. The van der Waals surface area contributed by atoms with E-state index in [9.17, 15) is 22.8 Å². The normalized spacial score (nSPS) is 15.2. The van der Waals surface area contributed by atoms with Crippen LogP contribution in [-0.2, 0) is 24.2 Å². The predicted octanol–water partition coefficient (Wildman–Crippen LogP) is 1.26. The van der Waals surface area contributed by atoms with E-state index in [1.165, 1.54) is 31.4 Å². The standard InChI is InChI=1S/C23H27N3O7S/c1-32-18-6-2-16(3-7-18)21(28)25-13-10-20(27)26-17-4-8-19(9-5-17)34(30,31)23(22(24)29)11-14-33-15-12-23/h2-9H,10-15H2,1H3,(H2,24,29)(H,25,28)(H,26,27). The number of hydrogen-bond acceptors (Lipinski definition) is 7. The van der Waals surface area contributed by atoms with Crippen LogP contribution in [0, 0.1) is 0 Å². The zero-order valence-corrected chi connectivity index (χ0v) is 19.5. The van der Waals surface area contributed by atoms with Gasteiger partial charge in [0.25, 0.3) is 5.91 Å². The minimum atomic E-state index is -4.05. The molecular formula is C23H27N3O7S. The van der Waals surface area contributed by atoms with E-state index in [0.717, 1.165) is 0 Å². The van der Waals surface area contributed by atoms with E-state index in [1.807, 2.05) is 0 Å². The van der Waals surface area contributed by atoms with Crippen LogP contribution in [0.1, 0.15) is 29.6 Å². The predicted molar refractivity (Wildman–Crippen MR) is 124 cm³/mol. The molecule has 0 spiro atoms. The summed E-state index contributed by atoms with van der Waals surface area (Å²) in [6, 6.07) is 12.1. The van der Waals surface area contributed by atoms with Gasteiger partial charge in [0.2, 0.25) is 11.8 Å². The maximum Gasteiger partial charge on any atom is 0.251 e. The summed E-state index contributed by atoms with van der Waals surface area (Å²) < 4.78 is 34.8. The molecule has 1 aliphatic heterocycles. The first-order valence-electron chi connectivity index (χ1n) is 10.6. The van der Waals surface area contributed by atoms with Crippen LogP contribution in [0.3, 0.4) is 0 Å². The highest BCUT2D eigenvalue weighted by Gasteiger charge is 2.51. The Morgan fingerprint density at radius 2 is 1.65 bits per heavy atom. The van der Waals surface area contributed by atoms with Gasteiger partial charge in [0.15, 0.2) is 14.6 Å². The Morgan fingerprint density at radius 1 is 1.03 bits per heavy atom. The molecule has 0 aliphatic carbocycles. The molecule has 0 unspecified atom stereocenters. The highest BCUT2D eigenvalue weighted by molar-refractivity contribution is 7.93. The van der Waals surface area contributed by atoms with Crippen LogP contribution in [0.15, 0.2) is 53.4 Å². The quantitative estimate of drug-likeness (QED) is 0.479. The molecule has 0 atom stereocenters. The van der Waals surface area contributed by atoms with Crippen molar-refractivity contribution in [2.75, 3.05) is 32.2 Å². The summed E-state index contributed by atoms with van der Waals surface area (Å²) in [7, 11) is -2.51. The van der Waals surface area contributed by atoms with Crippen LogP contribution in [0.2, 0.25) is 0 Å². The largest absolute Gasteiger partial charge is 0.497 e. The second-order valence-electron chi connectivity index (χ2n) is 7.78. The van der Waals surface area contributed by atoms with E-state index < -0.39 is 20.5 Å². The Hall–Kier alpha value is -3.44. The molecule has 1 saturated heterocycles. The topological polar surface area (TPSA) is 154 Å². The number of primary amides is 1. The molecule has 1 aliphatic rings. The lowest BCUT2D eigenvalue weighted by molar-refractivity contribution is -0.123. The summed E-state index contributed by atoms with van der Waals surface area (Å²) in [6.45, 7) is 0.378. The summed E-state index contributed by atoms with van der Waals surface area (Å²) >= 11 is 0. The minimum absolute atomic E-state index is 0.00853. The number of benzene rings is 2. The Balaban J connectivity index is 1.56. The van der Waals surface area contributed by atoms with Gasteiger partial charge in [0, 0.05) is 37.4 Å². The fourth-order valence-electron chi connectivity index (χ4n) is 3.65. The molecule has 0 radical (unpaired) electrons. The Bertz CT molecular complexity index is 1140. The van der Waals surface area contributed by atoms with Crippen LogP contribution >= 0.6 is 0 Å². The van der Waals surface area contributed by atoms with Crippen LogP contribution in [-0.4, -0.2) is 57.8 Å². The molecule has 4 N–H and O–H groups in total. The number of carbonyl (C=O) groups excluding carboxylic acids is 3. The van der Waals surface area contributed by atoms with Crippen molar-refractivity contribution in [2.24, 2.45) is 5.73 Å². The molecule has 0 bridgehead atoms. The van der Waals surface area contributed by atoms with Crippen molar-refractivity contribution in [2.45, 2.75) is 28.9 Å². The summed E-state index contributed by atoms with van der Waals surface area (Å²) in [6.07, 6.45) is 0.00350. The van der Waals surface area contributed by atoms with Crippen molar-refractivity contribution in [3.8, 4) is 5.75 Å². The van der Waals surface area contributed by atoms with E-state index in [4.69, 9.17) is 15.2 Å². The van der Waals surface area contributed by atoms with Crippen molar-refractivity contribution >= 4 is 33.2 Å². The lowest BCUT2D eigenvalue weighted by Crippen LogP contribution is -2.53. The number of rotatable bonds is 9. The van der Waals surface area contributed by atoms with Crippen molar-refractivity contribution in [1.82, 2.24) is 5.32 Å². The van der Waals surface area contributed by atoms with Gasteiger partial charge in [-0.3, -0.25) is 14.4 Å². The maximum absolute atomic E-state index is 13.2. The zero-order chi connectivity index (χ0) is 24.8.